The third-order valence-corrected chi connectivity index (χ3v) is 8.71. The number of hydrogen-bond acceptors (Lipinski definition) is 0. The minimum Gasteiger partial charge on any atom is -0.0996 e. The molecule has 0 aromatic rings. The van der Waals surface area contributed by atoms with Crippen molar-refractivity contribution < 1.29 is 0 Å². The molecule has 0 saturated heterocycles. The number of unbranched alkanes of at least 4 members (excludes halogenated alkanes) is 2. The molecule has 4 aliphatic rings. The number of rotatable bonds is 5. The van der Waals surface area contributed by atoms with Crippen molar-refractivity contribution in [1.82, 2.24) is 0 Å². The normalized spacial score (nSPS) is 42.6. The molecule has 4 rings (SSSR count). The zero-order valence-electron chi connectivity index (χ0n) is 17.4. The summed E-state index contributed by atoms with van der Waals surface area (Å²) in [5, 5.41) is 0. The first-order valence-corrected chi connectivity index (χ1v) is 11.7. The Hall–Kier alpha value is -0.780. The van der Waals surface area contributed by atoms with Crippen LogP contribution in [0.15, 0.2) is 35.5 Å². The van der Waals surface area contributed by atoms with E-state index in [-0.39, 0.29) is 0 Å². The van der Waals surface area contributed by atoms with Crippen molar-refractivity contribution in [3.05, 3.63) is 35.5 Å². The summed E-state index contributed by atoms with van der Waals surface area (Å²) in [6, 6.07) is 0. The highest BCUT2D eigenvalue weighted by Gasteiger charge is 2.61. The molecule has 0 nitrogen and oxygen atoms in total. The molecule has 4 aliphatic carbocycles. The van der Waals surface area contributed by atoms with E-state index in [0.29, 0.717) is 5.92 Å². The van der Waals surface area contributed by atoms with Gasteiger partial charge in [0.2, 0.25) is 0 Å². The van der Waals surface area contributed by atoms with Crippen molar-refractivity contribution >= 4 is 0 Å². The average molecular weight is 353 g/mol. The van der Waals surface area contributed by atoms with E-state index in [4.69, 9.17) is 0 Å². The molecular formula is C26H40. The maximum Gasteiger partial charge on any atom is -0.0140 e. The maximum atomic E-state index is 4.24. The molecule has 0 amide bonds. The predicted molar refractivity (Wildman–Crippen MR) is 113 cm³/mol. The van der Waals surface area contributed by atoms with Gasteiger partial charge >= 0.3 is 0 Å². The van der Waals surface area contributed by atoms with E-state index < -0.39 is 0 Å². The largest absolute Gasteiger partial charge is 0.0996 e. The molecule has 0 aromatic carbocycles. The number of hydrogen-bond donors (Lipinski definition) is 0. The summed E-state index contributed by atoms with van der Waals surface area (Å²) in [6.07, 6.45) is 23.6. The summed E-state index contributed by atoms with van der Waals surface area (Å²) >= 11 is 0. The minimum atomic E-state index is 0.692. The van der Waals surface area contributed by atoms with Crippen LogP contribution in [0.1, 0.15) is 97.3 Å². The van der Waals surface area contributed by atoms with Gasteiger partial charge in [-0.3, -0.25) is 0 Å². The van der Waals surface area contributed by atoms with Gasteiger partial charge < -0.3 is 0 Å². The second-order valence-corrected chi connectivity index (χ2v) is 10.1. The third kappa shape index (κ3) is 3.27. The van der Waals surface area contributed by atoms with E-state index in [9.17, 15) is 0 Å². The van der Waals surface area contributed by atoms with E-state index in [0.717, 1.165) is 23.2 Å². The molecule has 5 unspecified atom stereocenters. The molecule has 4 saturated carbocycles. The van der Waals surface area contributed by atoms with E-state index in [1.165, 1.54) is 82.6 Å². The van der Waals surface area contributed by atoms with Crippen LogP contribution in [0.5, 0.6) is 0 Å². The highest BCUT2D eigenvalue weighted by Crippen LogP contribution is 2.70. The molecule has 0 radical (unpaired) electrons. The summed E-state index contributed by atoms with van der Waals surface area (Å²) in [5.41, 5.74) is 5.72. The molecule has 0 heteroatoms. The molecule has 0 aromatic heterocycles. The van der Waals surface area contributed by atoms with Gasteiger partial charge in [-0.2, -0.15) is 0 Å². The van der Waals surface area contributed by atoms with Gasteiger partial charge in [0, 0.05) is 0 Å². The maximum absolute atomic E-state index is 4.24. The summed E-state index contributed by atoms with van der Waals surface area (Å²) < 4.78 is 0. The van der Waals surface area contributed by atoms with Crippen molar-refractivity contribution in [2.24, 2.45) is 29.1 Å². The van der Waals surface area contributed by atoms with E-state index >= 15 is 0 Å². The van der Waals surface area contributed by atoms with Gasteiger partial charge in [-0.25, -0.2) is 0 Å². The Labute approximate surface area is 162 Å². The van der Waals surface area contributed by atoms with E-state index in [1.807, 2.05) is 5.57 Å². The Morgan fingerprint density at radius 3 is 2.81 bits per heavy atom. The Morgan fingerprint density at radius 1 is 1.12 bits per heavy atom. The van der Waals surface area contributed by atoms with Gasteiger partial charge in [0.05, 0.1) is 0 Å². The molecule has 5 atom stereocenters. The molecule has 0 N–H and O–H groups in total. The van der Waals surface area contributed by atoms with Crippen LogP contribution in [-0.2, 0) is 0 Å². The van der Waals surface area contributed by atoms with Crippen molar-refractivity contribution in [3.8, 4) is 0 Å². The van der Waals surface area contributed by atoms with Crippen LogP contribution in [-0.4, -0.2) is 0 Å². The standard InChI is InChI=1S/C26H40/c1-4-5-6-8-23-18-26-16-7-9-22(24(26)14-15-25(23)26)13-12-21-11-10-19(2)20(3)17-21/h12-13,20,23-25H,2,4-11,14-18H2,1,3H3/b21-12-,22-13+. The summed E-state index contributed by atoms with van der Waals surface area (Å²) in [5.74, 6) is 3.79. The van der Waals surface area contributed by atoms with Crippen LogP contribution in [0.25, 0.3) is 0 Å². The minimum absolute atomic E-state index is 0.692. The van der Waals surface area contributed by atoms with Crippen molar-refractivity contribution in [1.29, 1.82) is 0 Å². The van der Waals surface area contributed by atoms with Crippen LogP contribution in [0.2, 0.25) is 0 Å². The van der Waals surface area contributed by atoms with Gasteiger partial charge in [-0.05, 0) is 86.9 Å². The SMILES string of the molecule is C=C1CC/C(=C/C=C2\CCCC34CC(CCCCC)C3CCC24)CC1C. The van der Waals surface area contributed by atoms with E-state index in [2.05, 4.69) is 32.6 Å². The Morgan fingerprint density at radius 2 is 2.00 bits per heavy atom. The van der Waals surface area contributed by atoms with Gasteiger partial charge in [0.15, 0.2) is 0 Å². The fourth-order valence-corrected chi connectivity index (χ4v) is 7.20. The molecule has 0 bridgehead atoms. The summed E-state index contributed by atoms with van der Waals surface area (Å²) in [6.45, 7) is 8.93. The van der Waals surface area contributed by atoms with Crippen LogP contribution < -0.4 is 0 Å². The first-order chi connectivity index (χ1) is 12.6. The van der Waals surface area contributed by atoms with Gasteiger partial charge in [0.25, 0.3) is 0 Å². The molecular weight excluding hydrogens is 312 g/mol. The molecule has 144 valence electrons. The van der Waals surface area contributed by atoms with Crippen LogP contribution >= 0.6 is 0 Å². The predicted octanol–water partition coefficient (Wildman–Crippen LogP) is 8.01. The molecule has 0 aliphatic heterocycles. The smallest absolute Gasteiger partial charge is 0.0140 e. The van der Waals surface area contributed by atoms with Gasteiger partial charge in [-0.15, -0.1) is 0 Å². The fraction of sp³-hybridized carbons (Fsp3) is 0.769. The van der Waals surface area contributed by atoms with Crippen molar-refractivity contribution in [2.75, 3.05) is 0 Å². The molecule has 4 fully saturated rings. The Kier molecular flexibility index (Phi) is 5.49. The highest BCUT2D eigenvalue weighted by molar-refractivity contribution is 5.29. The van der Waals surface area contributed by atoms with Crippen LogP contribution in [0.3, 0.4) is 0 Å². The lowest BCUT2D eigenvalue weighted by molar-refractivity contribution is -0.0613. The third-order valence-electron chi connectivity index (χ3n) is 8.71. The van der Waals surface area contributed by atoms with Crippen LogP contribution in [0, 0.1) is 29.1 Å². The zero-order valence-corrected chi connectivity index (χ0v) is 17.4. The molecule has 26 heavy (non-hydrogen) atoms. The molecule has 1 spiro atoms. The topological polar surface area (TPSA) is 0 Å². The average Bonchev–Trinajstić information content (AvgIpc) is 2.93. The highest BCUT2D eigenvalue weighted by atomic mass is 14.7. The summed E-state index contributed by atoms with van der Waals surface area (Å²) in [4.78, 5) is 0. The fourth-order valence-electron chi connectivity index (χ4n) is 7.20. The van der Waals surface area contributed by atoms with Crippen molar-refractivity contribution in [2.45, 2.75) is 97.3 Å². The first kappa shape index (κ1) is 18.6. The lowest BCUT2D eigenvalue weighted by Gasteiger charge is -2.57. The van der Waals surface area contributed by atoms with E-state index in [1.54, 1.807) is 12.0 Å². The van der Waals surface area contributed by atoms with Crippen LogP contribution in [0.4, 0.5) is 0 Å². The summed E-state index contributed by atoms with van der Waals surface area (Å²) in [7, 11) is 0. The quantitative estimate of drug-likeness (QED) is 0.347. The Balaban J connectivity index is 1.42. The number of allylic oxidation sites excluding steroid dienone is 5. The second-order valence-electron chi connectivity index (χ2n) is 10.1. The lowest BCUT2D eigenvalue weighted by Crippen LogP contribution is -2.49. The Bertz CT molecular complexity index is 591. The monoisotopic (exact) mass is 352 g/mol. The zero-order chi connectivity index (χ0) is 18.1. The van der Waals surface area contributed by atoms with Crippen molar-refractivity contribution in [3.63, 3.8) is 0 Å². The second kappa shape index (κ2) is 7.69. The first-order valence-electron chi connectivity index (χ1n) is 11.7. The lowest BCUT2D eigenvalue weighted by atomic mass is 9.47. The van der Waals surface area contributed by atoms with Gasteiger partial charge in [0.1, 0.15) is 0 Å². The molecule has 0 heterocycles. The van der Waals surface area contributed by atoms with Gasteiger partial charge in [-0.1, -0.05) is 75.0 Å².